The number of ether oxygens (including phenoxy) is 1. The normalized spacial score (nSPS) is 11.1. The lowest BCUT2D eigenvalue weighted by Gasteiger charge is -2.14. The minimum atomic E-state index is 0.471. The van der Waals surface area contributed by atoms with E-state index in [0.29, 0.717) is 6.04 Å². The van der Waals surface area contributed by atoms with Crippen LogP contribution in [-0.2, 0) is 13.1 Å². The molecule has 1 aromatic heterocycles. The van der Waals surface area contributed by atoms with Crippen LogP contribution in [-0.4, -0.2) is 17.7 Å². The Kier molecular flexibility index (Phi) is 5.10. The van der Waals surface area contributed by atoms with Crippen molar-refractivity contribution in [1.82, 2.24) is 9.88 Å². The van der Waals surface area contributed by atoms with Crippen molar-refractivity contribution in [2.45, 2.75) is 33.0 Å². The van der Waals surface area contributed by atoms with Crippen molar-refractivity contribution in [2.24, 2.45) is 0 Å². The van der Waals surface area contributed by atoms with Gasteiger partial charge in [-0.15, -0.1) is 0 Å². The highest BCUT2D eigenvalue weighted by molar-refractivity contribution is 6.30. The van der Waals surface area contributed by atoms with E-state index < -0.39 is 0 Å². The Labute approximate surface area is 125 Å². The van der Waals surface area contributed by atoms with Crippen LogP contribution >= 0.6 is 11.6 Å². The molecule has 4 heteroatoms. The monoisotopic (exact) mass is 292 g/mol. The fourth-order valence-corrected chi connectivity index (χ4v) is 2.32. The molecule has 1 aromatic carbocycles. The van der Waals surface area contributed by atoms with Crippen molar-refractivity contribution in [1.29, 1.82) is 0 Å². The van der Waals surface area contributed by atoms with E-state index in [2.05, 4.69) is 42.1 Å². The van der Waals surface area contributed by atoms with Gasteiger partial charge in [0, 0.05) is 35.1 Å². The first kappa shape index (κ1) is 14.9. The maximum atomic E-state index is 6.08. The number of halogens is 1. The summed E-state index contributed by atoms with van der Waals surface area (Å²) < 4.78 is 7.61. The molecule has 3 nitrogen and oxygen atoms in total. The predicted molar refractivity (Wildman–Crippen MR) is 83.5 cm³/mol. The maximum absolute atomic E-state index is 6.08. The second kappa shape index (κ2) is 6.82. The summed E-state index contributed by atoms with van der Waals surface area (Å²) in [6.45, 7) is 5.90. The third-order valence-corrected chi connectivity index (χ3v) is 3.43. The first-order chi connectivity index (χ1) is 9.60. The van der Waals surface area contributed by atoms with Crippen LogP contribution in [0.5, 0.6) is 5.75 Å². The van der Waals surface area contributed by atoms with E-state index in [1.807, 2.05) is 18.2 Å². The summed E-state index contributed by atoms with van der Waals surface area (Å²) in [7, 11) is 1.68. The average Bonchev–Trinajstić information content (AvgIpc) is 2.84. The molecule has 0 aliphatic carbocycles. The molecule has 0 spiro atoms. The van der Waals surface area contributed by atoms with Crippen LogP contribution in [0.4, 0.5) is 0 Å². The lowest BCUT2D eigenvalue weighted by atomic mass is 10.2. The van der Waals surface area contributed by atoms with E-state index in [1.165, 1.54) is 5.69 Å². The van der Waals surface area contributed by atoms with Crippen LogP contribution in [0.3, 0.4) is 0 Å². The summed E-state index contributed by atoms with van der Waals surface area (Å²) in [6.07, 6.45) is 2.08. The molecule has 1 N–H and O–H groups in total. The molecule has 0 aliphatic heterocycles. The van der Waals surface area contributed by atoms with Crippen molar-refractivity contribution in [3.8, 4) is 5.75 Å². The second-order valence-electron chi connectivity index (χ2n) is 5.12. The zero-order valence-electron chi connectivity index (χ0n) is 12.2. The lowest BCUT2D eigenvalue weighted by molar-refractivity contribution is 0.408. The molecular formula is C16H21ClN2O. The summed E-state index contributed by atoms with van der Waals surface area (Å²) in [5, 5.41) is 4.17. The number of nitrogens with zero attached hydrogens (tertiary/aromatic N) is 1. The Hall–Kier alpha value is -1.45. The molecule has 0 saturated carbocycles. The number of aromatic nitrogens is 1. The highest BCUT2D eigenvalue weighted by Gasteiger charge is 2.07. The second-order valence-corrected chi connectivity index (χ2v) is 5.56. The van der Waals surface area contributed by atoms with E-state index in [0.717, 1.165) is 29.4 Å². The van der Waals surface area contributed by atoms with Crippen molar-refractivity contribution in [3.63, 3.8) is 0 Å². The van der Waals surface area contributed by atoms with Crippen molar-refractivity contribution < 1.29 is 4.74 Å². The van der Waals surface area contributed by atoms with Gasteiger partial charge >= 0.3 is 0 Å². The summed E-state index contributed by atoms with van der Waals surface area (Å²) in [5.41, 5.74) is 2.34. The summed E-state index contributed by atoms with van der Waals surface area (Å²) >= 11 is 6.08. The Morgan fingerprint density at radius 3 is 2.80 bits per heavy atom. The number of hydrogen-bond donors (Lipinski definition) is 1. The number of nitrogens with one attached hydrogen (secondary N) is 1. The van der Waals surface area contributed by atoms with E-state index in [1.54, 1.807) is 7.11 Å². The van der Waals surface area contributed by atoms with Gasteiger partial charge in [-0.1, -0.05) is 25.4 Å². The van der Waals surface area contributed by atoms with E-state index in [4.69, 9.17) is 16.3 Å². The van der Waals surface area contributed by atoms with Crippen molar-refractivity contribution >= 4 is 11.6 Å². The van der Waals surface area contributed by atoms with E-state index >= 15 is 0 Å². The number of methoxy groups -OCH3 is 1. The van der Waals surface area contributed by atoms with Gasteiger partial charge in [0.05, 0.1) is 13.7 Å². The van der Waals surface area contributed by atoms with E-state index in [-0.39, 0.29) is 0 Å². The molecule has 0 radical (unpaired) electrons. The molecule has 0 bridgehead atoms. The van der Waals surface area contributed by atoms with Gasteiger partial charge in [-0.05, 0) is 30.3 Å². The number of benzene rings is 1. The Balaban J connectivity index is 2.18. The molecular weight excluding hydrogens is 272 g/mol. The van der Waals surface area contributed by atoms with Gasteiger partial charge in [0.1, 0.15) is 5.75 Å². The average molecular weight is 293 g/mol. The van der Waals surface area contributed by atoms with Gasteiger partial charge in [-0.25, -0.2) is 0 Å². The van der Waals surface area contributed by atoms with Crippen LogP contribution in [0, 0.1) is 0 Å². The fraction of sp³-hybridized carbons (Fsp3) is 0.375. The summed E-state index contributed by atoms with van der Waals surface area (Å²) in [4.78, 5) is 0. The molecule has 1 heterocycles. The molecule has 108 valence electrons. The van der Waals surface area contributed by atoms with Gasteiger partial charge < -0.3 is 14.6 Å². The van der Waals surface area contributed by atoms with Crippen LogP contribution in [0.15, 0.2) is 36.5 Å². The quantitative estimate of drug-likeness (QED) is 0.879. The molecule has 2 aromatic rings. The molecule has 0 unspecified atom stereocenters. The number of rotatable bonds is 6. The van der Waals surface area contributed by atoms with Gasteiger partial charge in [0.25, 0.3) is 0 Å². The Morgan fingerprint density at radius 2 is 2.10 bits per heavy atom. The van der Waals surface area contributed by atoms with Crippen molar-refractivity contribution in [3.05, 3.63) is 52.8 Å². The maximum Gasteiger partial charge on any atom is 0.123 e. The molecule has 0 amide bonds. The highest BCUT2D eigenvalue weighted by atomic mass is 35.5. The van der Waals surface area contributed by atoms with Gasteiger partial charge in [0.15, 0.2) is 0 Å². The van der Waals surface area contributed by atoms with Gasteiger partial charge in [-0.2, -0.15) is 0 Å². The molecule has 0 aliphatic rings. The van der Waals surface area contributed by atoms with E-state index in [9.17, 15) is 0 Å². The predicted octanol–water partition coefficient (Wildman–Crippen LogP) is 3.70. The standard InChI is InChI=1S/C16H21ClN2O/c1-12(2)18-10-15-5-4-8-19(15)11-13-9-14(17)6-7-16(13)20-3/h4-9,12,18H,10-11H2,1-3H3. The third-order valence-electron chi connectivity index (χ3n) is 3.20. The van der Waals surface area contributed by atoms with Crippen LogP contribution in [0.25, 0.3) is 0 Å². The van der Waals surface area contributed by atoms with Crippen LogP contribution in [0.2, 0.25) is 5.02 Å². The van der Waals surface area contributed by atoms with Gasteiger partial charge in [-0.3, -0.25) is 0 Å². The smallest absolute Gasteiger partial charge is 0.123 e. The number of hydrogen-bond acceptors (Lipinski definition) is 2. The molecule has 0 atom stereocenters. The topological polar surface area (TPSA) is 26.2 Å². The lowest BCUT2D eigenvalue weighted by Crippen LogP contribution is -2.23. The van der Waals surface area contributed by atoms with Crippen LogP contribution < -0.4 is 10.1 Å². The molecule has 2 rings (SSSR count). The highest BCUT2D eigenvalue weighted by Crippen LogP contribution is 2.24. The Bertz CT molecular complexity index is 563. The molecule has 20 heavy (non-hydrogen) atoms. The minimum absolute atomic E-state index is 0.471. The van der Waals surface area contributed by atoms with Crippen molar-refractivity contribution in [2.75, 3.05) is 7.11 Å². The van der Waals surface area contributed by atoms with Gasteiger partial charge in [0.2, 0.25) is 0 Å². The third kappa shape index (κ3) is 3.78. The summed E-state index contributed by atoms with van der Waals surface area (Å²) in [6, 6.07) is 10.4. The largest absolute Gasteiger partial charge is 0.496 e. The van der Waals surface area contributed by atoms with Crippen LogP contribution in [0.1, 0.15) is 25.1 Å². The zero-order chi connectivity index (χ0) is 14.5. The fourth-order valence-electron chi connectivity index (χ4n) is 2.13. The first-order valence-electron chi connectivity index (χ1n) is 6.80. The molecule has 0 saturated heterocycles. The SMILES string of the molecule is COc1ccc(Cl)cc1Cn1cccc1CNC(C)C. The first-order valence-corrected chi connectivity index (χ1v) is 7.17. The Morgan fingerprint density at radius 1 is 1.30 bits per heavy atom. The minimum Gasteiger partial charge on any atom is -0.496 e. The summed E-state index contributed by atoms with van der Waals surface area (Å²) in [5.74, 6) is 0.867. The molecule has 0 fully saturated rings. The zero-order valence-corrected chi connectivity index (χ0v) is 12.9.